The topological polar surface area (TPSA) is 0 Å². The summed E-state index contributed by atoms with van der Waals surface area (Å²) in [5.41, 5.74) is 11.6. The third kappa shape index (κ3) is 2.69. The van der Waals surface area contributed by atoms with Crippen LogP contribution < -0.4 is 0 Å². The van der Waals surface area contributed by atoms with Gasteiger partial charge in [0.2, 0.25) is 0 Å². The van der Waals surface area contributed by atoms with Gasteiger partial charge in [-0.2, -0.15) is 0 Å². The molecule has 5 aromatic carbocycles. The summed E-state index contributed by atoms with van der Waals surface area (Å²) < 4.78 is -0.277. The Labute approximate surface area is 222 Å². The van der Waals surface area contributed by atoms with Crippen molar-refractivity contribution in [2.75, 3.05) is 0 Å². The van der Waals surface area contributed by atoms with E-state index in [1.165, 1.54) is 44.5 Å². The van der Waals surface area contributed by atoms with Crippen LogP contribution in [0.2, 0.25) is 11.5 Å². The molecule has 0 aliphatic carbocycles. The summed E-state index contributed by atoms with van der Waals surface area (Å²) in [6.45, 7) is 0. The fourth-order valence-corrected chi connectivity index (χ4v) is 20.4. The molecule has 0 radical (unpaired) electrons. The summed E-state index contributed by atoms with van der Waals surface area (Å²) in [5.74, 6) is 5.39. The van der Waals surface area contributed by atoms with Crippen LogP contribution >= 0.6 is 0 Å². The fraction of sp³-hybridized carbons (Fsp3) is 0.111. The molecule has 2 unspecified atom stereocenters. The van der Waals surface area contributed by atoms with E-state index in [0.29, 0.717) is 0 Å². The van der Waals surface area contributed by atoms with Gasteiger partial charge in [-0.25, -0.2) is 0 Å². The summed E-state index contributed by atoms with van der Waals surface area (Å²) in [4.78, 5) is 0. The number of benzene rings is 5. The first kappa shape index (κ1) is 22.6. The fourth-order valence-electron chi connectivity index (χ4n) is 7.99. The molecule has 1 heteroatoms. The number of rotatable bonds is 4. The average molecular weight is 535 g/mol. The van der Waals surface area contributed by atoms with Crippen LogP contribution in [0.25, 0.3) is 11.1 Å². The molecule has 0 saturated heterocycles. The van der Waals surface area contributed by atoms with Gasteiger partial charge >= 0.3 is 223 Å². The molecule has 7 rings (SSSR count). The molecule has 0 N–H and O–H groups in total. The number of fused-ring (bicyclic) bond motifs is 5. The molecule has 0 spiro atoms. The van der Waals surface area contributed by atoms with E-state index in [0.717, 1.165) is 0 Å². The molecule has 0 aromatic heterocycles. The maximum absolute atomic E-state index is 3.02. The number of allylic oxidation sites excluding steroid dienone is 2. The van der Waals surface area contributed by atoms with Crippen LogP contribution in [0.15, 0.2) is 146 Å². The number of hydrogen-bond donors (Lipinski definition) is 0. The number of hydrogen-bond acceptors (Lipinski definition) is 0. The molecule has 0 nitrogen and oxygen atoms in total. The molecule has 5 aromatic rings. The third-order valence-electron chi connectivity index (χ3n) is 9.15. The van der Waals surface area contributed by atoms with Crippen LogP contribution in [0.1, 0.15) is 33.4 Å². The molecule has 2 heterocycles. The van der Waals surface area contributed by atoms with Gasteiger partial charge in [-0.05, 0) is 0 Å². The van der Waals surface area contributed by atoms with E-state index in [9.17, 15) is 0 Å². The van der Waals surface area contributed by atoms with Crippen molar-refractivity contribution in [3.8, 4) is 0 Å². The van der Waals surface area contributed by atoms with E-state index in [1.807, 2.05) is 0 Å². The van der Waals surface area contributed by atoms with Crippen molar-refractivity contribution in [1.82, 2.24) is 0 Å². The van der Waals surface area contributed by atoms with Crippen molar-refractivity contribution in [3.05, 3.63) is 179 Å². The van der Waals surface area contributed by atoms with Crippen LogP contribution in [0.4, 0.5) is 0 Å². The van der Waals surface area contributed by atoms with Gasteiger partial charge in [-0.3, -0.25) is 0 Å². The summed E-state index contributed by atoms with van der Waals surface area (Å²) in [5, 5.41) is 0. The van der Waals surface area contributed by atoms with Crippen LogP contribution in [0.5, 0.6) is 0 Å². The van der Waals surface area contributed by atoms with Crippen molar-refractivity contribution < 1.29 is 0 Å². The van der Waals surface area contributed by atoms with Gasteiger partial charge in [0.05, 0.1) is 0 Å². The third-order valence-corrected chi connectivity index (χ3v) is 20.4. The molecule has 0 fully saturated rings. The zero-order chi connectivity index (χ0) is 25.1. The normalized spacial score (nSPS) is 23.2. The van der Waals surface area contributed by atoms with Crippen molar-refractivity contribution in [3.63, 3.8) is 0 Å². The predicted molar refractivity (Wildman–Crippen MR) is 158 cm³/mol. The summed E-state index contributed by atoms with van der Waals surface area (Å²) in [6, 6.07) is 54.6. The second-order valence-electron chi connectivity index (χ2n) is 10.9. The van der Waals surface area contributed by atoms with E-state index in [1.54, 1.807) is 0 Å². The van der Waals surface area contributed by atoms with Gasteiger partial charge in [0.15, 0.2) is 0 Å². The Bertz CT molecular complexity index is 1500. The van der Waals surface area contributed by atoms with Gasteiger partial charge in [0.25, 0.3) is 0 Å². The molecule has 2 bridgehead atoms. The standard InChI is InChI=1S/C36H30Ge/c1-37(2)35(29-21-11-5-12-22-29)31-25-15-16-26-32(31)36(37,30-23-13-6-14-24-30)34(28-19-9-4-10-20-28)33(35)27-17-7-3-8-18-27/h3-26H,1-2H3. The quantitative estimate of drug-likeness (QED) is 0.202. The monoisotopic (exact) mass is 536 g/mol. The molecular formula is C36H30Ge. The van der Waals surface area contributed by atoms with Gasteiger partial charge in [-0.15, -0.1) is 0 Å². The van der Waals surface area contributed by atoms with Crippen LogP contribution in [-0.2, 0) is 8.49 Å². The average Bonchev–Trinajstić information content (AvgIpc) is 3.28. The zero-order valence-corrected chi connectivity index (χ0v) is 23.5. The molecular weight excluding hydrogens is 505 g/mol. The second kappa shape index (κ2) is 8.20. The van der Waals surface area contributed by atoms with Crippen LogP contribution in [-0.4, -0.2) is 13.3 Å². The Morgan fingerprint density at radius 3 is 1.03 bits per heavy atom. The first-order valence-corrected chi connectivity index (χ1v) is 19.5. The van der Waals surface area contributed by atoms with Crippen LogP contribution in [0, 0.1) is 0 Å². The van der Waals surface area contributed by atoms with Gasteiger partial charge in [0, 0.05) is 0 Å². The van der Waals surface area contributed by atoms with Crippen molar-refractivity contribution >= 4 is 24.4 Å². The summed E-state index contributed by atoms with van der Waals surface area (Å²) >= 11 is -3.02. The SMILES string of the molecule is [CH3][Ge]1([CH3])[C]2(c3ccccc3)C(c3ccccc3)=C(c3ccccc3)[C]1(c1ccccc1)c1ccccc12. The zero-order valence-electron chi connectivity index (χ0n) is 21.4. The van der Waals surface area contributed by atoms with Crippen molar-refractivity contribution in [2.24, 2.45) is 0 Å². The van der Waals surface area contributed by atoms with Crippen molar-refractivity contribution in [1.29, 1.82) is 0 Å². The molecule has 2 aliphatic rings. The van der Waals surface area contributed by atoms with Crippen molar-refractivity contribution in [2.45, 2.75) is 20.0 Å². The van der Waals surface area contributed by atoms with Gasteiger partial charge in [-0.1, -0.05) is 0 Å². The Balaban J connectivity index is 1.78. The Kier molecular flexibility index (Phi) is 5.00. The second-order valence-corrected chi connectivity index (χ2v) is 20.9. The van der Waals surface area contributed by atoms with E-state index < -0.39 is 13.3 Å². The first-order valence-electron chi connectivity index (χ1n) is 13.2. The minimum atomic E-state index is -3.02. The summed E-state index contributed by atoms with van der Waals surface area (Å²) in [7, 11) is 0. The minimum absolute atomic E-state index is 0.139. The van der Waals surface area contributed by atoms with E-state index in [2.05, 4.69) is 157 Å². The van der Waals surface area contributed by atoms with E-state index in [4.69, 9.17) is 0 Å². The Morgan fingerprint density at radius 2 is 0.676 bits per heavy atom. The molecule has 2 atom stereocenters. The Hall–Kier alpha value is -3.62. The predicted octanol–water partition coefficient (Wildman–Crippen LogP) is 8.68. The van der Waals surface area contributed by atoms with E-state index in [-0.39, 0.29) is 8.49 Å². The molecule has 178 valence electrons. The molecule has 0 saturated carbocycles. The molecule has 37 heavy (non-hydrogen) atoms. The van der Waals surface area contributed by atoms with E-state index >= 15 is 0 Å². The molecule has 0 amide bonds. The van der Waals surface area contributed by atoms with Gasteiger partial charge in [0.1, 0.15) is 0 Å². The van der Waals surface area contributed by atoms with Crippen LogP contribution in [0.3, 0.4) is 0 Å². The Morgan fingerprint density at radius 1 is 0.378 bits per heavy atom. The maximum atomic E-state index is 2.69. The summed E-state index contributed by atoms with van der Waals surface area (Å²) in [6.07, 6.45) is 0. The first-order chi connectivity index (χ1) is 18.1. The van der Waals surface area contributed by atoms with Gasteiger partial charge < -0.3 is 0 Å². The molecule has 2 aliphatic heterocycles.